The number of aliphatic hydroxyl groups is 1. The molecule has 1 N–H and O–H groups in total. The lowest BCUT2D eigenvalue weighted by atomic mass is 10.0. The molecule has 20 heavy (non-hydrogen) atoms. The molecule has 2 aromatic rings. The number of rotatable bonds is 4. The minimum Gasteiger partial charge on any atom is -0.515 e. The Kier molecular flexibility index (Phi) is 4.32. The molecule has 0 unspecified atom stereocenters. The number of hydrogen-bond donors (Lipinski definition) is 1. The molecular weight excluding hydrogens is 276 g/mol. The number of benzene rings is 1. The molecule has 0 saturated carbocycles. The van der Waals surface area contributed by atoms with Crippen molar-refractivity contribution in [2.75, 3.05) is 7.11 Å². The molecule has 0 aliphatic heterocycles. The summed E-state index contributed by atoms with van der Waals surface area (Å²) >= 11 is 1.21. The van der Waals surface area contributed by atoms with E-state index < -0.39 is 5.97 Å². The normalized spacial score (nSPS) is 11.2. The number of aliphatic hydroxyl groups excluding tert-OH is 1. The maximum absolute atomic E-state index is 12.4. The van der Waals surface area contributed by atoms with Gasteiger partial charge in [0.05, 0.1) is 18.2 Å². The highest BCUT2D eigenvalue weighted by molar-refractivity contribution is 7.12. The van der Waals surface area contributed by atoms with E-state index in [1.807, 2.05) is 6.07 Å². The van der Waals surface area contributed by atoms with Crippen LogP contribution >= 0.6 is 11.3 Å². The minimum atomic E-state index is -0.687. The second kappa shape index (κ2) is 6.16. The van der Waals surface area contributed by atoms with E-state index in [0.717, 1.165) is 0 Å². The zero-order valence-corrected chi connectivity index (χ0v) is 11.5. The van der Waals surface area contributed by atoms with Crippen molar-refractivity contribution in [1.29, 1.82) is 0 Å². The van der Waals surface area contributed by atoms with Crippen molar-refractivity contribution in [2.24, 2.45) is 0 Å². The Balaban J connectivity index is 2.44. The van der Waals surface area contributed by atoms with Crippen molar-refractivity contribution in [3.63, 3.8) is 0 Å². The summed E-state index contributed by atoms with van der Waals surface area (Å²) in [5.41, 5.74) is 0.865. The molecule has 0 radical (unpaired) electrons. The first-order valence-electron chi connectivity index (χ1n) is 5.79. The molecule has 0 fully saturated rings. The van der Waals surface area contributed by atoms with Crippen LogP contribution in [-0.4, -0.2) is 24.0 Å². The number of esters is 1. The first kappa shape index (κ1) is 14.0. The van der Waals surface area contributed by atoms with Crippen molar-refractivity contribution in [2.45, 2.75) is 0 Å². The number of thiophene rings is 1. The summed E-state index contributed by atoms with van der Waals surface area (Å²) in [6.07, 6.45) is 0.662. The maximum atomic E-state index is 12.4. The van der Waals surface area contributed by atoms with Crippen LogP contribution < -0.4 is 0 Å². The zero-order chi connectivity index (χ0) is 14.5. The molecule has 1 heterocycles. The molecule has 4 nitrogen and oxygen atoms in total. The van der Waals surface area contributed by atoms with E-state index in [1.54, 1.807) is 35.7 Å². The summed E-state index contributed by atoms with van der Waals surface area (Å²) in [7, 11) is 1.22. The van der Waals surface area contributed by atoms with Gasteiger partial charge >= 0.3 is 5.97 Å². The third-order valence-corrected chi connectivity index (χ3v) is 3.65. The highest BCUT2D eigenvalue weighted by Crippen LogP contribution is 2.27. The van der Waals surface area contributed by atoms with Gasteiger partial charge < -0.3 is 9.84 Å². The molecule has 0 saturated heterocycles. The van der Waals surface area contributed by atoms with Gasteiger partial charge in [0.25, 0.3) is 0 Å². The predicted molar refractivity (Wildman–Crippen MR) is 76.8 cm³/mol. The van der Waals surface area contributed by atoms with Crippen molar-refractivity contribution in [1.82, 2.24) is 0 Å². The average Bonchev–Trinajstić information content (AvgIpc) is 2.97. The van der Waals surface area contributed by atoms with Crippen LogP contribution in [0.1, 0.15) is 20.8 Å². The zero-order valence-electron chi connectivity index (χ0n) is 10.7. The monoisotopic (exact) mass is 288 g/mol. The van der Waals surface area contributed by atoms with Crippen molar-refractivity contribution in [3.05, 3.63) is 64.0 Å². The fraction of sp³-hybridized carbons (Fsp3) is 0.0667. The highest BCUT2D eigenvalue weighted by atomic mass is 32.1. The van der Waals surface area contributed by atoms with Crippen LogP contribution in [0.5, 0.6) is 0 Å². The molecule has 1 aromatic carbocycles. The number of ketones is 1. The summed E-state index contributed by atoms with van der Waals surface area (Å²) in [6.45, 7) is 0. The van der Waals surface area contributed by atoms with E-state index in [9.17, 15) is 14.7 Å². The van der Waals surface area contributed by atoms with Crippen LogP contribution in [0.4, 0.5) is 0 Å². The standard InChI is InChI=1S/C15H12O4S/c1-19-15(18)12(9-16)11-7-8-20-14(11)13(17)10-5-3-2-4-6-10/h2-9,16H,1H3. The van der Waals surface area contributed by atoms with Gasteiger partial charge in [-0.1, -0.05) is 30.3 Å². The van der Waals surface area contributed by atoms with Gasteiger partial charge in [-0.3, -0.25) is 4.79 Å². The summed E-state index contributed by atoms with van der Waals surface area (Å²) in [4.78, 5) is 24.4. The van der Waals surface area contributed by atoms with Gasteiger partial charge in [0, 0.05) is 11.1 Å². The van der Waals surface area contributed by atoms with E-state index in [4.69, 9.17) is 0 Å². The summed E-state index contributed by atoms with van der Waals surface area (Å²) in [6, 6.07) is 10.4. The number of methoxy groups -OCH3 is 1. The molecule has 0 atom stereocenters. The van der Waals surface area contributed by atoms with E-state index >= 15 is 0 Å². The lowest BCUT2D eigenvalue weighted by molar-refractivity contribution is -0.133. The largest absolute Gasteiger partial charge is 0.515 e. The highest BCUT2D eigenvalue weighted by Gasteiger charge is 2.22. The van der Waals surface area contributed by atoms with Crippen molar-refractivity contribution < 1.29 is 19.4 Å². The Morgan fingerprint density at radius 1 is 1.20 bits per heavy atom. The van der Waals surface area contributed by atoms with Gasteiger partial charge in [0.15, 0.2) is 0 Å². The smallest absolute Gasteiger partial charge is 0.341 e. The van der Waals surface area contributed by atoms with Crippen LogP contribution in [0.15, 0.2) is 48.0 Å². The van der Waals surface area contributed by atoms with Crippen LogP contribution in [0.3, 0.4) is 0 Å². The van der Waals surface area contributed by atoms with Gasteiger partial charge in [0.1, 0.15) is 5.57 Å². The molecule has 0 aliphatic carbocycles. The van der Waals surface area contributed by atoms with Crippen molar-refractivity contribution >= 4 is 28.7 Å². The molecule has 0 spiro atoms. The summed E-state index contributed by atoms with van der Waals surface area (Å²) in [5.74, 6) is -0.883. The molecular formula is C15H12O4S. The first-order chi connectivity index (χ1) is 9.69. The van der Waals surface area contributed by atoms with E-state index in [1.165, 1.54) is 18.4 Å². The van der Waals surface area contributed by atoms with E-state index in [0.29, 0.717) is 22.3 Å². The van der Waals surface area contributed by atoms with Crippen LogP contribution in [0.2, 0.25) is 0 Å². The number of carbonyl (C=O) groups is 2. The Morgan fingerprint density at radius 3 is 2.50 bits per heavy atom. The molecule has 0 amide bonds. The maximum Gasteiger partial charge on any atom is 0.341 e. The number of ether oxygens (including phenoxy) is 1. The van der Waals surface area contributed by atoms with Crippen LogP contribution in [0, 0.1) is 0 Å². The lowest BCUT2D eigenvalue weighted by Crippen LogP contribution is -2.08. The number of carbonyl (C=O) groups excluding carboxylic acids is 2. The topological polar surface area (TPSA) is 63.6 Å². The molecule has 0 aliphatic rings. The molecule has 102 valence electrons. The third kappa shape index (κ3) is 2.62. The van der Waals surface area contributed by atoms with E-state index in [-0.39, 0.29) is 11.4 Å². The fourth-order valence-corrected chi connectivity index (χ4v) is 2.63. The number of hydrogen-bond acceptors (Lipinski definition) is 5. The SMILES string of the molecule is COC(=O)C(=CO)c1ccsc1C(=O)c1ccccc1. The first-order valence-corrected chi connectivity index (χ1v) is 6.67. The van der Waals surface area contributed by atoms with Crippen molar-refractivity contribution in [3.8, 4) is 0 Å². The summed E-state index contributed by atoms with van der Waals surface area (Å²) in [5, 5.41) is 10.9. The molecule has 1 aromatic heterocycles. The predicted octanol–water partition coefficient (Wildman–Crippen LogP) is 3.05. The summed E-state index contributed by atoms with van der Waals surface area (Å²) < 4.78 is 4.59. The minimum absolute atomic E-state index is 0.0342. The van der Waals surface area contributed by atoms with E-state index in [2.05, 4.69) is 4.74 Å². The van der Waals surface area contributed by atoms with Gasteiger partial charge in [-0.2, -0.15) is 0 Å². The van der Waals surface area contributed by atoms with Gasteiger partial charge in [-0.05, 0) is 11.4 Å². The lowest BCUT2D eigenvalue weighted by Gasteiger charge is -2.05. The Bertz CT molecular complexity index is 656. The second-order valence-electron chi connectivity index (χ2n) is 3.89. The van der Waals surface area contributed by atoms with Gasteiger partial charge in [0.2, 0.25) is 5.78 Å². The van der Waals surface area contributed by atoms with Crippen LogP contribution in [0.25, 0.3) is 5.57 Å². The molecule has 0 bridgehead atoms. The van der Waals surface area contributed by atoms with Gasteiger partial charge in [-0.25, -0.2) is 4.79 Å². The Hall–Kier alpha value is -2.40. The fourth-order valence-electron chi connectivity index (χ4n) is 1.76. The third-order valence-electron chi connectivity index (χ3n) is 2.73. The molecule has 5 heteroatoms. The van der Waals surface area contributed by atoms with Gasteiger partial charge in [-0.15, -0.1) is 11.3 Å². The molecule has 2 rings (SSSR count). The Labute approximate surface area is 119 Å². The average molecular weight is 288 g/mol. The second-order valence-corrected chi connectivity index (χ2v) is 4.81. The Morgan fingerprint density at radius 2 is 1.90 bits per heavy atom. The quantitative estimate of drug-likeness (QED) is 0.406. The van der Waals surface area contributed by atoms with Crippen LogP contribution in [-0.2, 0) is 9.53 Å².